The van der Waals surface area contributed by atoms with Crippen molar-refractivity contribution >= 4 is 113 Å². The Morgan fingerprint density at radius 3 is 1.50 bits per heavy atom. The van der Waals surface area contributed by atoms with Gasteiger partial charge in [0.1, 0.15) is 0 Å². The van der Waals surface area contributed by atoms with Gasteiger partial charge in [-0.1, -0.05) is 127 Å². The van der Waals surface area contributed by atoms with E-state index in [1.807, 2.05) is 11.3 Å². The summed E-state index contributed by atoms with van der Waals surface area (Å²) in [4.78, 5) is 0. The van der Waals surface area contributed by atoms with Gasteiger partial charge in [-0.15, -0.1) is 11.3 Å². The molecule has 13 aromatic rings. The summed E-state index contributed by atoms with van der Waals surface area (Å²) >= 11 is 1.89. The van der Waals surface area contributed by atoms with Crippen molar-refractivity contribution in [1.82, 2.24) is 4.40 Å². The Labute approximate surface area is 313 Å². The maximum absolute atomic E-state index is 2.48. The van der Waals surface area contributed by atoms with Gasteiger partial charge in [-0.25, -0.2) is 0 Å². The van der Waals surface area contributed by atoms with Gasteiger partial charge >= 0.3 is 0 Å². The maximum Gasteiger partial charge on any atom is 0.0620 e. The van der Waals surface area contributed by atoms with Crippen molar-refractivity contribution in [1.29, 1.82) is 0 Å². The van der Waals surface area contributed by atoms with E-state index in [9.17, 15) is 0 Å². The number of aromatic nitrogens is 1. The summed E-state index contributed by atoms with van der Waals surface area (Å²) in [6, 6.07) is 65.9. The number of nitrogens with zero attached hydrogens (tertiary/aromatic N) is 1. The normalized spacial score (nSPS) is 12.4. The monoisotopic (exact) mass is 699 g/mol. The maximum atomic E-state index is 2.48. The summed E-state index contributed by atoms with van der Waals surface area (Å²) < 4.78 is 5.14. The zero-order chi connectivity index (χ0) is 35.1. The van der Waals surface area contributed by atoms with Crippen LogP contribution in [0.15, 0.2) is 176 Å². The van der Waals surface area contributed by atoms with Gasteiger partial charge in [-0.3, -0.25) is 0 Å². The molecule has 0 saturated carbocycles. The van der Waals surface area contributed by atoms with Crippen LogP contribution in [0.1, 0.15) is 0 Å². The highest BCUT2D eigenvalue weighted by Gasteiger charge is 2.18. The summed E-state index contributed by atoms with van der Waals surface area (Å²) in [5.74, 6) is 0. The molecule has 0 aliphatic rings. The van der Waals surface area contributed by atoms with Crippen LogP contribution in [-0.4, -0.2) is 4.40 Å². The first-order valence-electron chi connectivity index (χ1n) is 18.7. The van der Waals surface area contributed by atoms with Crippen molar-refractivity contribution in [3.63, 3.8) is 0 Å². The van der Waals surface area contributed by atoms with Crippen molar-refractivity contribution in [2.75, 3.05) is 0 Å². The SMILES string of the molecule is c1ccc2c(c1)c1ccccc1c1cc(-c3ccc(-c4ccc5sc6cc7cc8c(cc7cc6c5c4)c4cccc5c6ccccc6n8c54)cc3)ccc21. The van der Waals surface area contributed by atoms with Crippen LogP contribution in [0.3, 0.4) is 0 Å². The van der Waals surface area contributed by atoms with Gasteiger partial charge in [0.15, 0.2) is 0 Å². The number of benzene rings is 10. The molecule has 248 valence electrons. The Morgan fingerprint density at radius 1 is 0.278 bits per heavy atom. The van der Waals surface area contributed by atoms with E-state index in [1.54, 1.807) is 0 Å². The minimum atomic E-state index is 1.23. The van der Waals surface area contributed by atoms with Crippen molar-refractivity contribution in [3.8, 4) is 22.3 Å². The molecule has 0 aliphatic carbocycles. The van der Waals surface area contributed by atoms with Gasteiger partial charge in [0.25, 0.3) is 0 Å². The molecule has 54 heavy (non-hydrogen) atoms. The fourth-order valence-corrected chi connectivity index (χ4v) is 10.7. The third-order valence-electron chi connectivity index (χ3n) is 12.1. The molecule has 0 atom stereocenters. The van der Waals surface area contributed by atoms with E-state index in [2.05, 4.69) is 180 Å². The van der Waals surface area contributed by atoms with Gasteiger partial charge in [-0.05, 0) is 114 Å². The first kappa shape index (κ1) is 28.8. The minimum Gasteiger partial charge on any atom is -0.308 e. The summed E-state index contributed by atoms with van der Waals surface area (Å²) in [7, 11) is 0. The largest absolute Gasteiger partial charge is 0.308 e. The standard InChI is InChI=1S/C52H29NS/c1-2-10-38-36(8-1)37-9-3-4-11-39(37)44-24-32(20-22-40(38)44)30-16-18-31(19-17-30)33-21-23-50-46(25-33)47-27-34-26-45-43-14-7-13-42-41-12-5-6-15-48(41)53(52(42)43)49(45)28-35(34)29-51(47)54-50/h1-29H. The summed E-state index contributed by atoms with van der Waals surface area (Å²) in [5, 5.41) is 18.4. The van der Waals surface area contributed by atoms with Crippen molar-refractivity contribution in [2.24, 2.45) is 0 Å². The molecule has 0 unspecified atom stereocenters. The number of hydrogen-bond acceptors (Lipinski definition) is 1. The molecule has 0 N–H and O–H groups in total. The van der Waals surface area contributed by atoms with E-state index in [-0.39, 0.29) is 0 Å². The molecule has 2 heteroatoms. The number of rotatable bonds is 2. The molecule has 0 saturated heterocycles. The average Bonchev–Trinajstić information content (AvgIpc) is 3.88. The quantitative estimate of drug-likeness (QED) is 0.158. The lowest BCUT2D eigenvalue weighted by Crippen LogP contribution is -1.85. The Hall–Kier alpha value is -6.74. The highest BCUT2D eigenvalue weighted by Crippen LogP contribution is 2.44. The van der Waals surface area contributed by atoms with Crippen LogP contribution < -0.4 is 0 Å². The fourth-order valence-electron chi connectivity index (χ4n) is 9.57. The van der Waals surface area contributed by atoms with Gasteiger partial charge in [0.05, 0.1) is 16.6 Å². The Balaban J connectivity index is 0.922. The Kier molecular flexibility index (Phi) is 5.57. The summed E-state index contributed by atoms with van der Waals surface area (Å²) in [6.45, 7) is 0. The lowest BCUT2D eigenvalue weighted by atomic mass is 9.92. The molecule has 0 bridgehead atoms. The van der Waals surface area contributed by atoms with Crippen LogP contribution >= 0.6 is 11.3 Å². The second kappa shape index (κ2) is 10.4. The number of thiophene rings is 1. The van der Waals surface area contributed by atoms with Gasteiger partial charge in [-0.2, -0.15) is 0 Å². The predicted octanol–water partition coefficient (Wildman–Crippen LogP) is 15.2. The van der Waals surface area contributed by atoms with Crippen LogP contribution in [0.5, 0.6) is 0 Å². The van der Waals surface area contributed by atoms with Crippen LogP contribution in [0.2, 0.25) is 0 Å². The summed E-state index contributed by atoms with van der Waals surface area (Å²) in [5.41, 5.74) is 8.84. The second-order valence-corrected chi connectivity index (χ2v) is 15.9. The van der Waals surface area contributed by atoms with Crippen LogP contribution in [-0.2, 0) is 0 Å². The first-order chi connectivity index (χ1) is 26.7. The van der Waals surface area contributed by atoms with E-state index < -0.39 is 0 Å². The molecule has 13 rings (SSSR count). The van der Waals surface area contributed by atoms with Gasteiger partial charge in [0, 0.05) is 41.7 Å². The van der Waals surface area contributed by atoms with Crippen LogP contribution in [0.25, 0.3) is 124 Å². The lowest BCUT2D eigenvalue weighted by molar-refractivity contribution is 1.37. The van der Waals surface area contributed by atoms with E-state index in [0.29, 0.717) is 0 Å². The first-order valence-corrected chi connectivity index (χ1v) is 19.5. The average molecular weight is 700 g/mol. The predicted molar refractivity (Wildman–Crippen MR) is 235 cm³/mol. The zero-order valence-electron chi connectivity index (χ0n) is 29.1. The Morgan fingerprint density at radius 2 is 0.778 bits per heavy atom. The highest BCUT2D eigenvalue weighted by atomic mass is 32.1. The van der Waals surface area contributed by atoms with Gasteiger partial charge in [0.2, 0.25) is 0 Å². The number of para-hydroxylation sites is 2. The molecule has 3 aromatic heterocycles. The van der Waals surface area contributed by atoms with Crippen molar-refractivity contribution < 1.29 is 0 Å². The Bertz CT molecular complexity index is 3680. The van der Waals surface area contributed by atoms with Crippen LogP contribution in [0, 0.1) is 0 Å². The lowest BCUT2D eigenvalue weighted by Gasteiger charge is -2.12. The molecule has 0 fully saturated rings. The molecule has 0 amide bonds. The molecule has 0 aliphatic heterocycles. The third-order valence-corrected chi connectivity index (χ3v) is 13.2. The molecule has 1 nitrogen and oxygen atoms in total. The van der Waals surface area contributed by atoms with E-state index in [0.717, 1.165) is 0 Å². The fraction of sp³-hybridized carbons (Fsp3) is 0. The molecule has 10 aromatic carbocycles. The smallest absolute Gasteiger partial charge is 0.0620 e. The molecular formula is C52H29NS. The second-order valence-electron chi connectivity index (χ2n) is 14.9. The van der Waals surface area contributed by atoms with E-state index >= 15 is 0 Å². The number of hydrogen-bond donors (Lipinski definition) is 0. The van der Waals surface area contributed by atoms with E-state index in [1.165, 1.54) is 124 Å². The minimum absolute atomic E-state index is 1.23. The zero-order valence-corrected chi connectivity index (χ0v) is 29.9. The molecule has 3 heterocycles. The highest BCUT2D eigenvalue weighted by molar-refractivity contribution is 7.25. The number of fused-ring (bicyclic) bond motifs is 16. The van der Waals surface area contributed by atoms with Crippen molar-refractivity contribution in [2.45, 2.75) is 0 Å². The van der Waals surface area contributed by atoms with E-state index in [4.69, 9.17) is 0 Å². The van der Waals surface area contributed by atoms with Crippen molar-refractivity contribution in [3.05, 3.63) is 176 Å². The molecule has 0 spiro atoms. The molecule has 0 radical (unpaired) electrons. The van der Waals surface area contributed by atoms with Crippen LogP contribution in [0.4, 0.5) is 0 Å². The molecular weight excluding hydrogens is 671 g/mol. The topological polar surface area (TPSA) is 4.41 Å². The van der Waals surface area contributed by atoms with Gasteiger partial charge < -0.3 is 4.40 Å². The summed E-state index contributed by atoms with van der Waals surface area (Å²) in [6.07, 6.45) is 0. The third kappa shape index (κ3) is 3.82.